The van der Waals surface area contributed by atoms with Crippen molar-refractivity contribution in [2.24, 2.45) is 4.99 Å². The van der Waals surface area contributed by atoms with Crippen LogP contribution in [-0.2, 0) is 11.3 Å². The standard InChI is InChI=1S/C17H27N3O2/c1-14(2)20-16(18-12-15-6-4-3-5-7-15)19-13-17(21)8-10-22-11-9-17/h3-7,14,21H,8-13H2,1-2H3,(H2,18,19,20). The topological polar surface area (TPSA) is 65.9 Å². The SMILES string of the molecule is CC(C)NC(=NCc1ccccc1)NCC1(O)CCOCC1. The van der Waals surface area contributed by atoms with Crippen molar-refractivity contribution in [2.75, 3.05) is 19.8 Å². The van der Waals surface area contributed by atoms with Crippen LogP contribution in [0.4, 0.5) is 0 Å². The Kier molecular flexibility index (Phi) is 6.21. The summed E-state index contributed by atoms with van der Waals surface area (Å²) in [4.78, 5) is 4.60. The zero-order valence-corrected chi connectivity index (χ0v) is 13.5. The minimum Gasteiger partial charge on any atom is -0.388 e. The minimum atomic E-state index is -0.704. The smallest absolute Gasteiger partial charge is 0.191 e. The van der Waals surface area contributed by atoms with Crippen LogP contribution < -0.4 is 10.6 Å². The van der Waals surface area contributed by atoms with Gasteiger partial charge in [0, 0.05) is 38.6 Å². The van der Waals surface area contributed by atoms with E-state index >= 15 is 0 Å². The van der Waals surface area contributed by atoms with Crippen molar-refractivity contribution < 1.29 is 9.84 Å². The predicted molar refractivity (Wildman–Crippen MR) is 88.9 cm³/mol. The van der Waals surface area contributed by atoms with E-state index in [0.717, 1.165) is 11.5 Å². The van der Waals surface area contributed by atoms with Crippen LogP contribution in [0.15, 0.2) is 35.3 Å². The van der Waals surface area contributed by atoms with Crippen LogP contribution in [0.25, 0.3) is 0 Å². The molecule has 122 valence electrons. The lowest BCUT2D eigenvalue weighted by Crippen LogP contribution is -2.50. The van der Waals surface area contributed by atoms with E-state index in [0.29, 0.717) is 39.1 Å². The first-order valence-corrected chi connectivity index (χ1v) is 7.96. The molecule has 0 unspecified atom stereocenters. The molecule has 0 radical (unpaired) electrons. The Labute approximate surface area is 132 Å². The first kappa shape index (κ1) is 16.8. The molecule has 0 bridgehead atoms. The van der Waals surface area contributed by atoms with Crippen molar-refractivity contribution in [3.63, 3.8) is 0 Å². The molecule has 1 saturated heterocycles. The zero-order chi connectivity index (χ0) is 15.8. The zero-order valence-electron chi connectivity index (χ0n) is 13.5. The summed E-state index contributed by atoms with van der Waals surface area (Å²) < 4.78 is 5.31. The molecule has 5 nitrogen and oxygen atoms in total. The molecule has 3 N–H and O–H groups in total. The van der Waals surface area contributed by atoms with Gasteiger partial charge in [-0.2, -0.15) is 0 Å². The molecule has 1 fully saturated rings. The molecular formula is C17H27N3O2. The minimum absolute atomic E-state index is 0.284. The number of nitrogens with zero attached hydrogens (tertiary/aromatic N) is 1. The number of rotatable bonds is 5. The third-order valence-corrected chi connectivity index (χ3v) is 3.70. The third kappa shape index (κ3) is 5.66. The predicted octanol–water partition coefficient (Wildman–Crippen LogP) is 1.67. The molecule has 0 saturated carbocycles. The van der Waals surface area contributed by atoms with Gasteiger partial charge in [-0.25, -0.2) is 4.99 Å². The lowest BCUT2D eigenvalue weighted by Gasteiger charge is -2.32. The van der Waals surface area contributed by atoms with Crippen molar-refractivity contribution in [1.29, 1.82) is 0 Å². The molecule has 1 aliphatic heterocycles. The molecule has 0 aromatic heterocycles. The number of guanidine groups is 1. The number of nitrogens with one attached hydrogen (secondary N) is 2. The number of hydrogen-bond donors (Lipinski definition) is 3. The highest BCUT2D eigenvalue weighted by Gasteiger charge is 2.29. The fourth-order valence-electron chi connectivity index (χ4n) is 2.36. The van der Waals surface area contributed by atoms with Gasteiger partial charge in [-0.3, -0.25) is 0 Å². The maximum absolute atomic E-state index is 10.5. The Bertz CT molecular complexity index is 468. The van der Waals surface area contributed by atoms with E-state index in [1.54, 1.807) is 0 Å². The van der Waals surface area contributed by atoms with E-state index in [4.69, 9.17) is 4.74 Å². The average Bonchev–Trinajstić information content (AvgIpc) is 2.51. The summed E-state index contributed by atoms with van der Waals surface area (Å²) >= 11 is 0. The normalized spacial score (nSPS) is 18.3. The summed E-state index contributed by atoms with van der Waals surface area (Å²) in [7, 11) is 0. The second-order valence-corrected chi connectivity index (χ2v) is 6.14. The number of aliphatic hydroxyl groups is 1. The second kappa shape index (κ2) is 8.15. The first-order chi connectivity index (χ1) is 10.6. The van der Waals surface area contributed by atoms with E-state index in [9.17, 15) is 5.11 Å². The quantitative estimate of drug-likeness (QED) is 0.572. The summed E-state index contributed by atoms with van der Waals surface area (Å²) in [5, 5.41) is 17.1. The highest BCUT2D eigenvalue weighted by atomic mass is 16.5. The monoisotopic (exact) mass is 305 g/mol. The van der Waals surface area contributed by atoms with E-state index in [1.165, 1.54) is 0 Å². The van der Waals surface area contributed by atoms with Crippen LogP contribution >= 0.6 is 0 Å². The van der Waals surface area contributed by atoms with Gasteiger partial charge < -0.3 is 20.5 Å². The van der Waals surface area contributed by atoms with Gasteiger partial charge >= 0.3 is 0 Å². The average molecular weight is 305 g/mol. The number of aliphatic imine (C=N–C) groups is 1. The Balaban J connectivity index is 1.93. The fourth-order valence-corrected chi connectivity index (χ4v) is 2.36. The van der Waals surface area contributed by atoms with Gasteiger partial charge in [-0.1, -0.05) is 30.3 Å². The van der Waals surface area contributed by atoms with Gasteiger partial charge in [0.2, 0.25) is 0 Å². The number of hydrogen-bond acceptors (Lipinski definition) is 3. The molecule has 1 aromatic rings. The van der Waals surface area contributed by atoms with Gasteiger partial charge in [0.15, 0.2) is 5.96 Å². The molecule has 1 aromatic carbocycles. The Morgan fingerprint density at radius 3 is 2.59 bits per heavy atom. The van der Waals surface area contributed by atoms with Crippen LogP contribution in [0.1, 0.15) is 32.3 Å². The van der Waals surface area contributed by atoms with Crippen molar-refractivity contribution in [3.05, 3.63) is 35.9 Å². The molecule has 5 heteroatoms. The molecule has 0 aliphatic carbocycles. The maximum Gasteiger partial charge on any atom is 0.191 e. The van der Waals surface area contributed by atoms with Crippen LogP contribution in [0.3, 0.4) is 0 Å². The Morgan fingerprint density at radius 1 is 1.27 bits per heavy atom. The van der Waals surface area contributed by atoms with Gasteiger partial charge in [0.25, 0.3) is 0 Å². The molecule has 22 heavy (non-hydrogen) atoms. The van der Waals surface area contributed by atoms with Crippen molar-refractivity contribution in [2.45, 2.75) is 44.9 Å². The van der Waals surface area contributed by atoms with Gasteiger partial charge in [-0.15, -0.1) is 0 Å². The molecule has 0 atom stereocenters. The summed E-state index contributed by atoms with van der Waals surface area (Å²) in [5.41, 5.74) is 0.460. The van der Waals surface area contributed by atoms with Crippen molar-refractivity contribution in [3.8, 4) is 0 Å². The third-order valence-electron chi connectivity index (χ3n) is 3.70. The maximum atomic E-state index is 10.5. The molecular weight excluding hydrogens is 278 g/mol. The van der Waals surface area contributed by atoms with Gasteiger partial charge in [0.1, 0.15) is 0 Å². The highest BCUT2D eigenvalue weighted by Crippen LogP contribution is 2.19. The lowest BCUT2D eigenvalue weighted by molar-refractivity contribution is -0.0594. The molecule has 2 rings (SSSR count). The van der Waals surface area contributed by atoms with Crippen LogP contribution in [0.5, 0.6) is 0 Å². The van der Waals surface area contributed by atoms with E-state index < -0.39 is 5.60 Å². The first-order valence-electron chi connectivity index (χ1n) is 7.96. The summed E-state index contributed by atoms with van der Waals surface area (Å²) in [6.07, 6.45) is 1.32. The Morgan fingerprint density at radius 2 is 1.95 bits per heavy atom. The number of benzene rings is 1. The van der Waals surface area contributed by atoms with Crippen LogP contribution in [0, 0.1) is 0 Å². The van der Waals surface area contributed by atoms with Crippen LogP contribution in [-0.4, -0.2) is 42.5 Å². The fraction of sp³-hybridized carbons (Fsp3) is 0.588. The summed E-state index contributed by atoms with van der Waals surface area (Å²) in [6.45, 7) is 6.48. The highest BCUT2D eigenvalue weighted by molar-refractivity contribution is 5.80. The van der Waals surface area contributed by atoms with E-state index in [1.807, 2.05) is 18.2 Å². The molecule has 0 spiro atoms. The van der Waals surface area contributed by atoms with Crippen molar-refractivity contribution in [1.82, 2.24) is 10.6 Å². The number of ether oxygens (including phenoxy) is 1. The van der Waals surface area contributed by atoms with Crippen molar-refractivity contribution >= 4 is 5.96 Å². The van der Waals surface area contributed by atoms with Gasteiger partial charge in [0.05, 0.1) is 12.1 Å². The Hall–Kier alpha value is -1.59. The molecule has 0 amide bonds. The largest absolute Gasteiger partial charge is 0.388 e. The van der Waals surface area contributed by atoms with Gasteiger partial charge in [-0.05, 0) is 19.4 Å². The molecule has 1 heterocycles. The lowest BCUT2D eigenvalue weighted by atomic mass is 9.94. The summed E-state index contributed by atoms with van der Waals surface area (Å²) in [5.74, 6) is 0.735. The van der Waals surface area contributed by atoms with E-state index in [-0.39, 0.29) is 6.04 Å². The summed E-state index contributed by atoms with van der Waals surface area (Å²) in [6, 6.07) is 10.4. The second-order valence-electron chi connectivity index (χ2n) is 6.14. The van der Waals surface area contributed by atoms with Crippen LogP contribution in [0.2, 0.25) is 0 Å². The van der Waals surface area contributed by atoms with E-state index in [2.05, 4.69) is 41.6 Å². The molecule has 1 aliphatic rings.